The molecule has 1 aliphatic rings. The molecule has 0 atom stereocenters. The zero-order valence-electron chi connectivity index (χ0n) is 11.7. The fraction of sp³-hybridized carbons (Fsp3) is 0.188. The van der Waals surface area contributed by atoms with Crippen LogP contribution in [0.2, 0.25) is 0 Å². The van der Waals surface area contributed by atoms with E-state index in [1.54, 1.807) is 17.6 Å². The summed E-state index contributed by atoms with van der Waals surface area (Å²) in [5.41, 5.74) is 1.94. The second-order valence-electron chi connectivity index (χ2n) is 4.83. The van der Waals surface area contributed by atoms with Crippen molar-refractivity contribution in [1.82, 2.24) is 4.98 Å². The summed E-state index contributed by atoms with van der Waals surface area (Å²) >= 11 is 1.57. The minimum Gasteiger partial charge on any atom is -0.486 e. The molecule has 5 nitrogen and oxygen atoms in total. The highest BCUT2D eigenvalue weighted by Crippen LogP contribution is 2.35. The lowest BCUT2D eigenvalue weighted by Gasteiger charge is -2.18. The summed E-state index contributed by atoms with van der Waals surface area (Å²) in [4.78, 5) is 4.60. The van der Waals surface area contributed by atoms with Crippen molar-refractivity contribution >= 4 is 16.5 Å². The van der Waals surface area contributed by atoms with E-state index < -0.39 is 0 Å². The maximum Gasteiger partial charge on any atom is 0.183 e. The van der Waals surface area contributed by atoms with Crippen LogP contribution in [0.3, 0.4) is 0 Å². The molecule has 0 saturated heterocycles. The first kappa shape index (κ1) is 13.2. The molecule has 6 heteroatoms. The summed E-state index contributed by atoms with van der Waals surface area (Å²) < 4.78 is 16.4. The highest BCUT2D eigenvalue weighted by Gasteiger charge is 2.13. The van der Waals surface area contributed by atoms with Crippen LogP contribution in [0.25, 0.3) is 11.3 Å². The standard InChI is InChI=1S/C16H14N2O3S/c1-2-12(19-5-1)9-17-16-18-13(10-22-16)11-3-4-14-15(8-11)21-7-6-20-14/h1-5,8,10H,6-7,9H2,(H,17,18). The second kappa shape index (κ2) is 5.73. The number of aromatic nitrogens is 1. The molecule has 1 aromatic carbocycles. The molecule has 0 aliphatic carbocycles. The van der Waals surface area contributed by atoms with E-state index in [0.29, 0.717) is 19.8 Å². The van der Waals surface area contributed by atoms with Crippen molar-refractivity contribution in [2.75, 3.05) is 18.5 Å². The zero-order chi connectivity index (χ0) is 14.8. The Kier molecular flexibility index (Phi) is 3.44. The summed E-state index contributed by atoms with van der Waals surface area (Å²) in [7, 11) is 0. The van der Waals surface area contributed by atoms with Gasteiger partial charge >= 0.3 is 0 Å². The number of furan rings is 1. The Morgan fingerprint density at radius 2 is 2.05 bits per heavy atom. The van der Waals surface area contributed by atoms with Gasteiger partial charge in [0.25, 0.3) is 0 Å². The van der Waals surface area contributed by atoms with Crippen molar-refractivity contribution in [3.8, 4) is 22.8 Å². The number of rotatable bonds is 4. The molecule has 0 fully saturated rings. The maximum atomic E-state index is 5.61. The molecule has 1 aliphatic heterocycles. The van der Waals surface area contributed by atoms with Crippen LogP contribution in [-0.4, -0.2) is 18.2 Å². The third-order valence-corrected chi connectivity index (χ3v) is 4.14. The third kappa shape index (κ3) is 2.65. The Hall–Kier alpha value is -2.47. The van der Waals surface area contributed by atoms with Crippen LogP contribution in [0.15, 0.2) is 46.4 Å². The van der Waals surface area contributed by atoms with Gasteiger partial charge in [-0.25, -0.2) is 4.98 Å². The Labute approximate surface area is 131 Å². The van der Waals surface area contributed by atoms with Gasteiger partial charge in [-0.1, -0.05) is 0 Å². The van der Waals surface area contributed by atoms with E-state index in [1.165, 1.54) is 0 Å². The first-order valence-corrected chi connectivity index (χ1v) is 7.88. The predicted octanol–water partition coefficient (Wildman–Crippen LogP) is 3.79. The molecule has 3 aromatic rings. The number of nitrogens with one attached hydrogen (secondary N) is 1. The van der Waals surface area contributed by atoms with Crippen LogP contribution in [0.1, 0.15) is 5.76 Å². The van der Waals surface area contributed by atoms with E-state index in [0.717, 1.165) is 33.6 Å². The van der Waals surface area contributed by atoms with E-state index in [-0.39, 0.29) is 0 Å². The maximum absolute atomic E-state index is 5.61. The van der Waals surface area contributed by atoms with Crippen LogP contribution in [0, 0.1) is 0 Å². The van der Waals surface area contributed by atoms with Gasteiger partial charge in [0.15, 0.2) is 16.6 Å². The fourth-order valence-corrected chi connectivity index (χ4v) is 2.98. The molecule has 22 heavy (non-hydrogen) atoms. The molecule has 0 unspecified atom stereocenters. The van der Waals surface area contributed by atoms with Crippen LogP contribution >= 0.6 is 11.3 Å². The van der Waals surface area contributed by atoms with Gasteiger partial charge < -0.3 is 19.2 Å². The van der Waals surface area contributed by atoms with Gasteiger partial charge in [0.2, 0.25) is 0 Å². The minimum atomic E-state index is 0.587. The number of fused-ring (bicyclic) bond motifs is 1. The SMILES string of the molecule is c1coc(CNc2nc(-c3ccc4c(c3)OCCO4)cs2)c1. The van der Waals surface area contributed by atoms with E-state index in [1.807, 2.05) is 35.7 Å². The minimum absolute atomic E-state index is 0.587. The zero-order valence-corrected chi connectivity index (χ0v) is 12.6. The highest BCUT2D eigenvalue weighted by atomic mass is 32.1. The van der Waals surface area contributed by atoms with Crippen LogP contribution in [-0.2, 0) is 6.54 Å². The first-order valence-electron chi connectivity index (χ1n) is 7.00. The number of benzene rings is 1. The predicted molar refractivity (Wildman–Crippen MR) is 84.6 cm³/mol. The van der Waals surface area contributed by atoms with Gasteiger partial charge in [-0.2, -0.15) is 0 Å². The Bertz CT molecular complexity index is 768. The van der Waals surface area contributed by atoms with E-state index in [9.17, 15) is 0 Å². The van der Waals surface area contributed by atoms with Gasteiger partial charge in [0.05, 0.1) is 18.5 Å². The monoisotopic (exact) mass is 314 g/mol. The fourth-order valence-electron chi connectivity index (χ4n) is 2.27. The van der Waals surface area contributed by atoms with Gasteiger partial charge in [-0.05, 0) is 30.3 Å². The second-order valence-corrected chi connectivity index (χ2v) is 5.69. The van der Waals surface area contributed by atoms with Crippen LogP contribution in [0.4, 0.5) is 5.13 Å². The third-order valence-electron chi connectivity index (χ3n) is 3.34. The Balaban J connectivity index is 1.51. The van der Waals surface area contributed by atoms with Crippen molar-refractivity contribution in [2.24, 2.45) is 0 Å². The van der Waals surface area contributed by atoms with Gasteiger partial charge in [-0.3, -0.25) is 0 Å². The highest BCUT2D eigenvalue weighted by molar-refractivity contribution is 7.14. The molecule has 0 radical (unpaired) electrons. The first-order chi connectivity index (χ1) is 10.9. The van der Waals surface area contributed by atoms with Crippen LogP contribution < -0.4 is 14.8 Å². The number of thiazole rings is 1. The molecule has 0 bridgehead atoms. The van der Waals surface area contributed by atoms with E-state index >= 15 is 0 Å². The number of anilines is 1. The summed E-state index contributed by atoms with van der Waals surface area (Å²) in [6.07, 6.45) is 1.67. The van der Waals surface area contributed by atoms with Crippen molar-refractivity contribution in [2.45, 2.75) is 6.54 Å². The lowest BCUT2D eigenvalue weighted by Crippen LogP contribution is -2.15. The largest absolute Gasteiger partial charge is 0.486 e. The van der Waals surface area contributed by atoms with Crippen LogP contribution in [0.5, 0.6) is 11.5 Å². The molecule has 112 valence electrons. The molecule has 1 N–H and O–H groups in total. The lowest BCUT2D eigenvalue weighted by atomic mass is 10.1. The van der Waals surface area contributed by atoms with Crippen molar-refractivity contribution < 1.29 is 13.9 Å². The summed E-state index contributed by atoms with van der Waals surface area (Å²) in [6.45, 7) is 1.81. The molecule has 0 spiro atoms. The number of ether oxygens (including phenoxy) is 2. The average Bonchev–Trinajstić information content (AvgIpc) is 3.24. The van der Waals surface area contributed by atoms with Crippen molar-refractivity contribution in [3.63, 3.8) is 0 Å². The average molecular weight is 314 g/mol. The van der Waals surface area contributed by atoms with E-state index in [4.69, 9.17) is 13.9 Å². The Morgan fingerprint density at radius 3 is 2.91 bits per heavy atom. The smallest absolute Gasteiger partial charge is 0.183 e. The van der Waals surface area contributed by atoms with E-state index in [2.05, 4.69) is 10.3 Å². The molecule has 2 aromatic heterocycles. The van der Waals surface area contributed by atoms with Crippen molar-refractivity contribution in [1.29, 1.82) is 0 Å². The van der Waals surface area contributed by atoms with Gasteiger partial charge in [0, 0.05) is 10.9 Å². The summed E-state index contributed by atoms with van der Waals surface area (Å²) in [5, 5.41) is 6.14. The molecule has 4 rings (SSSR count). The molecule has 0 saturated carbocycles. The topological polar surface area (TPSA) is 56.5 Å². The number of hydrogen-bond acceptors (Lipinski definition) is 6. The molecular formula is C16H14N2O3S. The molecular weight excluding hydrogens is 300 g/mol. The molecule has 0 amide bonds. The van der Waals surface area contributed by atoms with Gasteiger partial charge in [0.1, 0.15) is 19.0 Å². The number of hydrogen-bond donors (Lipinski definition) is 1. The van der Waals surface area contributed by atoms with Gasteiger partial charge in [-0.15, -0.1) is 11.3 Å². The normalized spacial score (nSPS) is 13.1. The summed E-state index contributed by atoms with van der Waals surface area (Å²) in [6, 6.07) is 9.71. The van der Waals surface area contributed by atoms with Crippen molar-refractivity contribution in [3.05, 3.63) is 47.7 Å². The molecule has 3 heterocycles. The summed E-state index contributed by atoms with van der Waals surface area (Å²) in [5.74, 6) is 2.46. The number of nitrogens with zero attached hydrogens (tertiary/aromatic N) is 1. The Morgan fingerprint density at radius 1 is 1.14 bits per heavy atom. The quantitative estimate of drug-likeness (QED) is 0.794. The lowest BCUT2D eigenvalue weighted by molar-refractivity contribution is 0.171.